The van der Waals surface area contributed by atoms with E-state index in [1.807, 2.05) is 0 Å². The van der Waals surface area contributed by atoms with E-state index < -0.39 is 12.7 Å². The molecule has 2 N–H and O–H groups in total. The fourth-order valence-electron chi connectivity index (χ4n) is 2.02. The molecule has 0 amide bonds. The van der Waals surface area contributed by atoms with Gasteiger partial charge in [0.15, 0.2) is 0 Å². The number of nitrogens with zero attached hydrogens (tertiary/aromatic N) is 1. The number of piperidine rings is 1. The molecule has 1 unspecified atom stereocenters. The van der Waals surface area contributed by atoms with E-state index in [4.69, 9.17) is 5.73 Å². The Balaban J connectivity index is 0.00000196. The molecule has 0 aromatic rings. The van der Waals surface area contributed by atoms with Crippen molar-refractivity contribution in [3.05, 3.63) is 0 Å². The molecule has 0 saturated carbocycles. The second-order valence-electron chi connectivity index (χ2n) is 3.94. The molecule has 92 valence electrons. The van der Waals surface area contributed by atoms with Gasteiger partial charge in [0, 0.05) is 6.54 Å². The van der Waals surface area contributed by atoms with Crippen LogP contribution < -0.4 is 5.73 Å². The van der Waals surface area contributed by atoms with Gasteiger partial charge >= 0.3 is 6.18 Å². The van der Waals surface area contributed by atoms with E-state index in [-0.39, 0.29) is 12.4 Å². The van der Waals surface area contributed by atoms with Gasteiger partial charge in [-0.25, -0.2) is 0 Å². The monoisotopic (exact) mass is 246 g/mol. The maximum atomic E-state index is 12.1. The van der Waals surface area contributed by atoms with Crippen LogP contribution in [0.2, 0.25) is 0 Å². The minimum Gasteiger partial charge on any atom is -0.330 e. The standard InChI is InChI=1S/C9H17F3N2.ClH/c10-9(11,12)7-14-5-1-2-8(6-14)3-4-13;/h8H,1-7,13H2;1H. The molecule has 0 radical (unpaired) electrons. The van der Waals surface area contributed by atoms with Crippen molar-refractivity contribution in [2.24, 2.45) is 11.7 Å². The predicted octanol–water partition coefficient (Wildman–Crippen LogP) is 2.03. The third-order valence-electron chi connectivity index (χ3n) is 2.58. The Morgan fingerprint density at radius 2 is 2.00 bits per heavy atom. The fourth-order valence-corrected chi connectivity index (χ4v) is 2.02. The molecule has 1 atom stereocenters. The Bertz CT molecular complexity index is 173. The molecule has 0 aliphatic carbocycles. The zero-order chi connectivity index (χ0) is 10.6. The molecule has 1 rings (SSSR count). The van der Waals surface area contributed by atoms with Gasteiger partial charge in [0.05, 0.1) is 6.54 Å². The smallest absolute Gasteiger partial charge is 0.330 e. The van der Waals surface area contributed by atoms with Gasteiger partial charge in [-0.1, -0.05) is 0 Å². The average molecular weight is 247 g/mol. The molecule has 2 nitrogen and oxygen atoms in total. The Kier molecular flexibility index (Phi) is 6.55. The van der Waals surface area contributed by atoms with Crippen molar-refractivity contribution in [3.8, 4) is 0 Å². The van der Waals surface area contributed by atoms with E-state index in [2.05, 4.69) is 0 Å². The lowest BCUT2D eigenvalue weighted by atomic mass is 9.95. The third-order valence-corrected chi connectivity index (χ3v) is 2.58. The lowest BCUT2D eigenvalue weighted by Crippen LogP contribution is -2.41. The molecular weight excluding hydrogens is 229 g/mol. The highest BCUT2D eigenvalue weighted by Crippen LogP contribution is 2.23. The predicted molar refractivity (Wildman–Crippen MR) is 56.1 cm³/mol. The average Bonchev–Trinajstić information content (AvgIpc) is 2.02. The van der Waals surface area contributed by atoms with Crippen LogP contribution in [0.1, 0.15) is 19.3 Å². The number of hydrogen-bond acceptors (Lipinski definition) is 2. The zero-order valence-electron chi connectivity index (χ0n) is 8.59. The molecule has 0 bridgehead atoms. The lowest BCUT2D eigenvalue weighted by molar-refractivity contribution is -0.149. The normalized spacial score (nSPS) is 23.6. The van der Waals surface area contributed by atoms with Gasteiger partial charge in [0.25, 0.3) is 0 Å². The number of nitrogens with two attached hydrogens (primary N) is 1. The second kappa shape index (κ2) is 6.55. The quantitative estimate of drug-likeness (QED) is 0.826. The molecule has 1 heterocycles. The van der Waals surface area contributed by atoms with Crippen LogP contribution in [0.5, 0.6) is 0 Å². The van der Waals surface area contributed by atoms with E-state index in [9.17, 15) is 13.2 Å². The molecule has 0 spiro atoms. The Morgan fingerprint density at radius 3 is 2.53 bits per heavy atom. The van der Waals surface area contributed by atoms with Crippen molar-refractivity contribution in [2.75, 3.05) is 26.2 Å². The fraction of sp³-hybridized carbons (Fsp3) is 1.00. The molecular formula is C9H18ClF3N2. The van der Waals surface area contributed by atoms with Crippen LogP contribution in [-0.2, 0) is 0 Å². The molecule has 15 heavy (non-hydrogen) atoms. The first-order chi connectivity index (χ1) is 6.51. The van der Waals surface area contributed by atoms with Crippen molar-refractivity contribution in [2.45, 2.75) is 25.4 Å². The largest absolute Gasteiger partial charge is 0.401 e. The Labute approximate surface area is 94.4 Å². The summed E-state index contributed by atoms with van der Waals surface area (Å²) in [5.41, 5.74) is 5.39. The number of likely N-dealkylation sites (tertiary alicyclic amines) is 1. The molecule has 1 saturated heterocycles. The van der Waals surface area contributed by atoms with E-state index in [0.717, 1.165) is 19.3 Å². The molecule has 0 aromatic heterocycles. The SMILES string of the molecule is Cl.NCCC1CCCN(CC(F)(F)F)C1. The minimum absolute atomic E-state index is 0. The Hall–Kier alpha value is -0.0000000000000000555. The summed E-state index contributed by atoms with van der Waals surface area (Å²) in [6, 6.07) is 0. The second-order valence-corrected chi connectivity index (χ2v) is 3.94. The van der Waals surface area contributed by atoms with Crippen LogP contribution in [0.25, 0.3) is 0 Å². The first-order valence-electron chi connectivity index (χ1n) is 5.00. The summed E-state index contributed by atoms with van der Waals surface area (Å²) in [7, 11) is 0. The number of alkyl halides is 3. The van der Waals surface area contributed by atoms with Crippen molar-refractivity contribution in [1.82, 2.24) is 4.90 Å². The highest BCUT2D eigenvalue weighted by Gasteiger charge is 2.32. The summed E-state index contributed by atoms with van der Waals surface area (Å²) in [5, 5.41) is 0. The van der Waals surface area contributed by atoms with Crippen LogP contribution >= 0.6 is 12.4 Å². The summed E-state index contributed by atoms with van der Waals surface area (Å²) in [6.45, 7) is 0.926. The maximum Gasteiger partial charge on any atom is 0.401 e. The summed E-state index contributed by atoms with van der Waals surface area (Å²) in [6.07, 6.45) is -1.34. The Morgan fingerprint density at radius 1 is 1.33 bits per heavy atom. The third kappa shape index (κ3) is 6.22. The lowest BCUT2D eigenvalue weighted by Gasteiger charge is -2.32. The van der Waals surface area contributed by atoms with E-state index >= 15 is 0 Å². The van der Waals surface area contributed by atoms with Crippen molar-refractivity contribution >= 4 is 12.4 Å². The van der Waals surface area contributed by atoms with Gasteiger partial charge in [-0.05, 0) is 38.3 Å². The molecule has 1 fully saturated rings. The van der Waals surface area contributed by atoms with E-state index in [1.165, 1.54) is 4.90 Å². The topological polar surface area (TPSA) is 29.3 Å². The number of hydrogen-bond donors (Lipinski definition) is 1. The number of halogens is 4. The van der Waals surface area contributed by atoms with Crippen LogP contribution in [0.4, 0.5) is 13.2 Å². The summed E-state index contributed by atoms with van der Waals surface area (Å²) >= 11 is 0. The van der Waals surface area contributed by atoms with Gasteiger partial charge in [0.2, 0.25) is 0 Å². The van der Waals surface area contributed by atoms with Crippen molar-refractivity contribution in [3.63, 3.8) is 0 Å². The van der Waals surface area contributed by atoms with Crippen LogP contribution in [-0.4, -0.2) is 37.3 Å². The van der Waals surface area contributed by atoms with E-state index in [0.29, 0.717) is 25.6 Å². The van der Waals surface area contributed by atoms with Gasteiger partial charge in [-0.15, -0.1) is 12.4 Å². The highest BCUT2D eigenvalue weighted by atomic mass is 35.5. The minimum atomic E-state index is -4.06. The van der Waals surface area contributed by atoms with Gasteiger partial charge in [-0.2, -0.15) is 13.2 Å². The summed E-state index contributed by atoms with van der Waals surface area (Å²) in [5.74, 6) is 0.357. The summed E-state index contributed by atoms with van der Waals surface area (Å²) < 4.78 is 36.3. The molecule has 6 heteroatoms. The van der Waals surface area contributed by atoms with Crippen LogP contribution in [0.3, 0.4) is 0 Å². The first kappa shape index (κ1) is 15.0. The zero-order valence-corrected chi connectivity index (χ0v) is 9.41. The number of rotatable bonds is 3. The molecule has 1 aliphatic rings. The highest BCUT2D eigenvalue weighted by molar-refractivity contribution is 5.85. The van der Waals surface area contributed by atoms with E-state index in [1.54, 1.807) is 0 Å². The first-order valence-corrected chi connectivity index (χ1v) is 5.00. The van der Waals surface area contributed by atoms with Gasteiger partial charge < -0.3 is 5.73 Å². The van der Waals surface area contributed by atoms with Crippen molar-refractivity contribution < 1.29 is 13.2 Å². The molecule has 0 aromatic carbocycles. The van der Waals surface area contributed by atoms with Crippen molar-refractivity contribution in [1.29, 1.82) is 0 Å². The van der Waals surface area contributed by atoms with Crippen LogP contribution in [0, 0.1) is 5.92 Å². The summed E-state index contributed by atoms with van der Waals surface area (Å²) in [4.78, 5) is 1.49. The maximum absolute atomic E-state index is 12.1. The van der Waals surface area contributed by atoms with Crippen LogP contribution in [0.15, 0.2) is 0 Å². The van der Waals surface area contributed by atoms with Gasteiger partial charge in [0.1, 0.15) is 0 Å². The molecule has 1 aliphatic heterocycles. The van der Waals surface area contributed by atoms with Gasteiger partial charge in [-0.3, -0.25) is 4.90 Å².